The molecule has 3 aromatic rings. The molecule has 7 nitrogen and oxygen atoms in total. The molecule has 1 aromatic carbocycles. The van der Waals surface area contributed by atoms with Crippen molar-refractivity contribution in [1.82, 2.24) is 25.4 Å². The van der Waals surface area contributed by atoms with Crippen LogP contribution >= 0.6 is 35.3 Å². The zero-order chi connectivity index (χ0) is 21.6. The maximum absolute atomic E-state index is 4.80. The Morgan fingerprint density at radius 1 is 1.19 bits per heavy atom. The molecule has 1 aliphatic rings. The third-order valence-electron chi connectivity index (χ3n) is 5.77. The van der Waals surface area contributed by atoms with E-state index in [4.69, 9.17) is 4.99 Å². The molecule has 4 rings (SSSR count). The summed E-state index contributed by atoms with van der Waals surface area (Å²) in [4.78, 5) is 8.54. The number of nitrogens with zero attached hydrogens (tertiary/aromatic N) is 5. The lowest BCUT2D eigenvalue weighted by Gasteiger charge is -2.22. The quantitative estimate of drug-likeness (QED) is 0.253. The van der Waals surface area contributed by atoms with Crippen LogP contribution in [0.5, 0.6) is 0 Å². The highest BCUT2D eigenvalue weighted by atomic mass is 127. The van der Waals surface area contributed by atoms with Gasteiger partial charge in [-0.3, -0.25) is 0 Å². The maximum atomic E-state index is 4.80. The van der Waals surface area contributed by atoms with E-state index in [1.165, 1.54) is 29.0 Å². The molecule has 1 aliphatic heterocycles. The SMILES string of the molecule is Cc1nnc(CN=C(NCc2cccs2)NC(C)c2cccc(N3CCCC3)c2)n1C.I. The lowest BCUT2D eigenvalue weighted by molar-refractivity contribution is 0.677. The second-order valence-corrected chi connectivity index (χ2v) is 9.01. The van der Waals surface area contributed by atoms with Gasteiger partial charge in [0, 0.05) is 30.7 Å². The van der Waals surface area contributed by atoms with Crippen molar-refractivity contribution in [3.05, 3.63) is 63.9 Å². The molecule has 2 aromatic heterocycles. The first-order valence-corrected chi connectivity index (χ1v) is 11.7. The number of rotatable bonds is 7. The number of benzene rings is 1. The smallest absolute Gasteiger partial charge is 0.192 e. The van der Waals surface area contributed by atoms with Crippen molar-refractivity contribution in [1.29, 1.82) is 0 Å². The van der Waals surface area contributed by atoms with Crippen molar-refractivity contribution in [2.24, 2.45) is 12.0 Å². The van der Waals surface area contributed by atoms with E-state index in [0.29, 0.717) is 6.54 Å². The average molecular weight is 566 g/mol. The van der Waals surface area contributed by atoms with Crippen LogP contribution in [0.15, 0.2) is 46.8 Å². The molecule has 1 unspecified atom stereocenters. The molecule has 1 saturated heterocycles. The Kier molecular flexibility index (Phi) is 8.92. The van der Waals surface area contributed by atoms with Crippen molar-refractivity contribution in [2.45, 2.75) is 45.8 Å². The first kappa shape index (κ1) is 24.5. The van der Waals surface area contributed by atoms with Gasteiger partial charge >= 0.3 is 0 Å². The summed E-state index contributed by atoms with van der Waals surface area (Å²) < 4.78 is 1.98. The van der Waals surface area contributed by atoms with Gasteiger partial charge in [0.2, 0.25) is 0 Å². The van der Waals surface area contributed by atoms with Gasteiger partial charge in [0.25, 0.3) is 0 Å². The summed E-state index contributed by atoms with van der Waals surface area (Å²) in [6, 6.07) is 13.2. The number of nitrogens with one attached hydrogen (secondary N) is 2. The minimum atomic E-state index is 0. The fourth-order valence-corrected chi connectivity index (χ4v) is 4.37. The summed E-state index contributed by atoms with van der Waals surface area (Å²) in [6.45, 7) is 7.64. The molecule has 0 bridgehead atoms. The lowest BCUT2D eigenvalue weighted by atomic mass is 10.1. The molecule has 0 spiro atoms. The van der Waals surface area contributed by atoms with Crippen molar-refractivity contribution >= 4 is 47.0 Å². The van der Waals surface area contributed by atoms with Gasteiger partial charge in [0.15, 0.2) is 11.8 Å². The minimum absolute atomic E-state index is 0. The second-order valence-electron chi connectivity index (χ2n) is 7.98. The number of aromatic nitrogens is 3. The van der Waals surface area contributed by atoms with Crippen molar-refractivity contribution in [3.63, 3.8) is 0 Å². The summed E-state index contributed by atoms with van der Waals surface area (Å²) in [5, 5.41) is 17.5. The predicted molar refractivity (Wildman–Crippen MR) is 143 cm³/mol. The predicted octanol–water partition coefficient (Wildman–Crippen LogP) is 4.40. The Labute approximate surface area is 211 Å². The van der Waals surface area contributed by atoms with Crippen LogP contribution in [0.4, 0.5) is 5.69 Å². The molecular weight excluding hydrogens is 533 g/mol. The zero-order valence-corrected chi connectivity index (χ0v) is 22.1. The Morgan fingerprint density at radius 3 is 2.69 bits per heavy atom. The summed E-state index contributed by atoms with van der Waals surface area (Å²) in [6.07, 6.45) is 2.56. The number of hydrogen-bond donors (Lipinski definition) is 2. The summed E-state index contributed by atoms with van der Waals surface area (Å²) in [5.74, 6) is 2.50. The normalized spacial score (nSPS) is 14.8. The molecule has 0 saturated carbocycles. The third kappa shape index (κ3) is 6.22. The van der Waals surface area contributed by atoms with E-state index in [2.05, 4.69) is 74.4 Å². The zero-order valence-electron chi connectivity index (χ0n) is 18.9. The maximum Gasteiger partial charge on any atom is 0.192 e. The lowest BCUT2D eigenvalue weighted by Crippen LogP contribution is -2.38. The average Bonchev–Trinajstić information content (AvgIpc) is 3.55. The highest BCUT2D eigenvalue weighted by Gasteiger charge is 2.15. The van der Waals surface area contributed by atoms with Crippen LogP contribution in [0.1, 0.15) is 47.9 Å². The van der Waals surface area contributed by atoms with Gasteiger partial charge in [0.05, 0.1) is 12.6 Å². The molecule has 32 heavy (non-hydrogen) atoms. The van der Waals surface area contributed by atoms with Gasteiger partial charge in [-0.25, -0.2) is 4.99 Å². The third-order valence-corrected chi connectivity index (χ3v) is 6.64. The van der Waals surface area contributed by atoms with Gasteiger partial charge in [0.1, 0.15) is 12.4 Å². The number of aryl methyl sites for hydroxylation is 1. The summed E-state index contributed by atoms with van der Waals surface area (Å²) >= 11 is 1.74. The second kappa shape index (κ2) is 11.6. The first-order valence-electron chi connectivity index (χ1n) is 10.9. The van der Waals surface area contributed by atoms with E-state index in [1.54, 1.807) is 11.3 Å². The summed E-state index contributed by atoms with van der Waals surface area (Å²) in [7, 11) is 1.97. The number of aliphatic imine (C=N–C) groups is 1. The molecule has 3 heterocycles. The number of guanidine groups is 1. The minimum Gasteiger partial charge on any atom is -0.372 e. The van der Waals surface area contributed by atoms with Crippen LogP contribution in [-0.4, -0.2) is 33.8 Å². The molecule has 2 N–H and O–H groups in total. The number of thiophene rings is 1. The van der Waals surface area contributed by atoms with Crippen molar-refractivity contribution in [2.75, 3.05) is 18.0 Å². The molecule has 172 valence electrons. The van der Waals surface area contributed by atoms with Crippen molar-refractivity contribution in [3.8, 4) is 0 Å². The Bertz CT molecular complexity index is 1010. The standard InChI is InChI=1S/C23H31N7S.HI/c1-17(19-8-6-9-20(14-19)30-11-4-5-12-30)26-23(24-15-21-10-7-13-31-21)25-16-22-28-27-18(2)29(22)3;/h6-10,13-14,17H,4-5,11-12,15-16H2,1-3H3,(H2,24,25,26);1H. The molecule has 1 atom stereocenters. The van der Waals surface area contributed by atoms with E-state index in [0.717, 1.165) is 37.2 Å². The van der Waals surface area contributed by atoms with Gasteiger partial charge in [-0.1, -0.05) is 18.2 Å². The van der Waals surface area contributed by atoms with Gasteiger partial charge < -0.3 is 20.1 Å². The summed E-state index contributed by atoms with van der Waals surface area (Å²) in [5.41, 5.74) is 2.56. The molecule has 0 aliphatic carbocycles. The molecule has 9 heteroatoms. The molecule has 0 radical (unpaired) electrons. The topological polar surface area (TPSA) is 70.4 Å². The fraction of sp³-hybridized carbons (Fsp3) is 0.435. The molecule has 0 amide bonds. The van der Waals surface area contributed by atoms with Gasteiger partial charge in [-0.15, -0.1) is 45.5 Å². The number of halogens is 1. The number of hydrogen-bond acceptors (Lipinski definition) is 5. The Balaban J connectivity index is 0.00000289. The number of anilines is 1. The largest absolute Gasteiger partial charge is 0.372 e. The Hall–Kier alpha value is -2.14. The van der Waals surface area contributed by atoms with Crippen LogP contribution < -0.4 is 15.5 Å². The fourth-order valence-electron chi connectivity index (χ4n) is 3.73. The van der Waals surface area contributed by atoms with E-state index in [1.807, 2.05) is 18.5 Å². The molecule has 1 fully saturated rings. The van der Waals surface area contributed by atoms with E-state index in [-0.39, 0.29) is 30.0 Å². The van der Waals surface area contributed by atoms with Gasteiger partial charge in [-0.05, 0) is 55.8 Å². The molecular formula is C23H32IN7S. The van der Waals surface area contributed by atoms with Crippen LogP contribution in [0, 0.1) is 6.92 Å². The highest BCUT2D eigenvalue weighted by molar-refractivity contribution is 14.0. The van der Waals surface area contributed by atoms with E-state index >= 15 is 0 Å². The van der Waals surface area contributed by atoms with Gasteiger partial charge in [-0.2, -0.15) is 0 Å². The van der Waals surface area contributed by atoms with Crippen LogP contribution in [0.25, 0.3) is 0 Å². The van der Waals surface area contributed by atoms with E-state index < -0.39 is 0 Å². The van der Waals surface area contributed by atoms with Crippen LogP contribution in [0.2, 0.25) is 0 Å². The van der Waals surface area contributed by atoms with Crippen LogP contribution in [0.3, 0.4) is 0 Å². The Morgan fingerprint density at radius 2 is 2.00 bits per heavy atom. The highest BCUT2D eigenvalue weighted by Crippen LogP contribution is 2.24. The monoisotopic (exact) mass is 565 g/mol. The first-order chi connectivity index (χ1) is 15.1. The van der Waals surface area contributed by atoms with E-state index in [9.17, 15) is 0 Å². The van der Waals surface area contributed by atoms with Crippen molar-refractivity contribution < 1.29 is 0 Å². The van der Waals surface area contributed by atoms with Crippen LogP contribution in [-0.2, 0) is 20.1 Å².